The van der Waals surface area contributed by atoms with Crippen molar-refractivity contribution >= 4 is 12.0 Å². The highest BCUT2D eigenvalue weighted by Gasteiger charge is 2.28. The van der Waals surface area contributed by atoms with Crippen molar-refractivity contribution in [2.75, 3.05) is 13.1 Å². The Morgan fingerprint density at radius 1 is 1.21 bits per heavy atom. The number of carbonyl (C=O) groups excluding carboxylic acids is 1. The summed E-state index contributed by atoms with van der Waals surface area (Å²) in [6, 6.07) is 6.27. The number of nitrogens with one attached hydrogen (secondary N) is 1. The molecule has 1 aliphatic carbocycles. The first-order chi connectivity index (χ1) is 11.5. The second-order valence-corrected chi connectivity index (χ2v) is 7.03. The van der Waals surface area contributed by atoms with E-state index >= 15 is 0 Å². The zero-order chi connectivity index (χ0) is 17.1. The van der Waals surface area contributed by atoms with Crippen LogP contribution in [0.1, 0.15) is 55.3 Å². The van der Waals surface area contributed by atoms with Crippen LogP contribution in [0.2, 0.25) is 0 Å². The first-order valence-electron chi connectivity index (χ1n) is 8.94. The van der Waals surface area contributed by atoms with Crippen molar-refractivity contribution in [2.24, 2.45) is 5.92 Å². The van der Waals surface area contributed by atoms with E-state index in [9.17, 15) is 9.59 Å². The van der Waals surface area contributed by atoms with Crippen LogP contribution in [-0.2, 0) is 17.6 Å². The Labute approximate surface area is 143 Å². The fourth-order valence-electron chi connectivity index (χ4n) is 3.75. The third-order valence-corrected chi connectivity index (χ3v) is 5.27. The molecule has 2 amide bonds. The maximum atomic E-state index is 12.5. The van der Waals surface area contributed by atoms with Gasteiger partial charge in [-0.2, -0.15) is 0 Å². The zero-order valence-electron chi connectivity index (χ0n) is 14.3. The molecule has 5 nitrogen and oxygen atoms in total. The molecule has 1 aromatic rings. The van der Waals surface area contributed by atoms with E-state index in [0.29, 0.717) is 19.5 Å². The number of hydrogen-bond donors (Lipinski definition) is 2. The molecule has 0 saturated carbocycles. The van der Waals surface area contributed by atoms with Gasteiger partial charge in [-0.1, -0.05) is 18.2 Å². The summed E-state index contributed by atoms with van der Waals surface area (Å²) >= 11 is 0. The van der Waals surface area contributed by atoms with Gasteiger partial charge < -0.3 is 15.3 Å². The number of carbonyl (C=O) groups is 2. The van der Waals surface area contributed by atoms with Crippen LogP contribution in [0.4, 0.5) is 4.79 Å². The van der Waals surface area contributed by atoms with E-state index in [1.807, 2.05) is 6.92 Å². The summed E-state index contributed by atoms with van der Waals surface area (Å²) in [5, 5.41) is 12.2. The van der Waals surface area contributed by atoms with Crippen LogP contribution >= 0.6 is 0 Å². The van der Waals surface area contributed by atoms with Crippen molar-refractivity contribution in [1.29, 1.82) is 0 Å². The molecular weight excluding hydrogens is 304 g/mol. The summed E-state index contributed by atoms with van der Waals surface area (Å²) in [5.41, 5.74) is 3.96. The second kappa shape index (κ2) is 7.24. The number of nitrogens with zero attached hydrogens (tertiary/aromatic N) is 1. The largest absolute Gasteiger partial charge is 0.481 e. The smallest absolute Gasteiger partial charge is 0.317 e. The van der Waals surface area contributed by atoms with Crippen LogP contribution in [-0.4, -0.2) is 35.1 Å². The third kappa shape index (κ3) is 3.71. The van der Waals surface area contributed by atoms with E-state index in [4.69, 9.17) is 5.11 Å². The average molecular weight is 330 g/mol. The van der Waals surface area contributed by atoms with Crippen molar-refractivity contribution in [3.8, 4) is 0 Å². The molecule has 0 aromatic heterocycles. The predicted molar refractivity (Wildman–Crippen MR) is 92.0 cm³/mol. The van der Waals surface area contributed by atoms with Crippen LogP contribution in [0.25, 0.3) is 0 Å². The number of aryl methyl sites for hydroxylation is 2. The number of rotatable bonds is 3. The molecule has 1 unspecified atom stereocenters. The molecule has 1 aromatic carbocycles. The Kier molecular flexibility index (Phi) is 5.07. The number of benzene rings is 1. The molecule has 2 atom stereocenters. The van der Waals surface area contributed by atoms with E-state index in [-0.39, 0.29) is 12.1 Å². The molecule has 1 saturated heterocycles. The lowest BCUT2D eigenvalue weighted by molar-refractivity contribution is -0.143. The van der Waals surface area contributed by atoms with Crippen molar-refractivity contribution in [1.82, 2.24) is 10.2 Å². The quantitative estimate of drug-likeness (QED) is 0.894. The minimum atomic E-state index is -0.810. The Bertz CT molecular complexity index is 629. The standard InChI is InChI=1S/C19H26N2O3/c1-13(15-9-8-14-5-2-3-6-16(14)11-15)20-19(24)21-10-4-7-17(12-21)18(22)23/h8-9,11,13,17H,2-7,10,12H2,1H3,(H,20,24)(H,22,23)/t13-,17?/m0/s1. The minimum Gasteiger partial charge on any atom is -0.481 e. The first-order valence-corrected chi connectivity index (χ1v) is 8.94. The molecule has 24 heavy (non-hydrogen) atoms. The summed E-state index contributed by atoms with van der Waals surface area (Å²) in [5.74, 6) is -1.25. The van der Waals surface area contributed by atoms with Gasteiger partial charge in [0.1, 0.15) is 0 Å². The van der Waals surface area contributed by atoms with Crippen molar-refractivity contribution in [3.05, 3.63) is 34.9 Å². The normalized spacial score (nSPS) is 21.7. The lowest BCUT2D eigenvalue weighted by atomic mass is 9.89. The molecule has 1 heterocycles. The van der Waals surface area contributed by atoms with Gasteiger partial charge in [0.2, 0.25) is 0 Å². The van der Waals surface area contributed by atoms with Crippen LogP contribution < -0.4 is 5.32 Å². The summed E-state index contributed by atoms with van der Waals surface area (Å²) in [7, 11) is 0. The van der Waals surface area contributed by atoms with Crippen molar-refractivity contribution in [2.45, 2.75) is 51.5 Å². The SMILES string of the molecule is C[C@H](NC(=O)N1CCCC(C(=O)O)C1)c1ccc2c(c1)CCCC2. The van der Waals surface area contributed by atoms with E-state index in [1.54, 1.807) is 4.90 Å². The number of hydrogen-bond acceptors (Lipinski definition) is 2. The van der Waals surface area contributed by atoms with Gasteiger partial charge >= 0.3 is 12.0 Å². The molecule has 1 fully saturated rings. The minimum absolute atomic E-state index is 0.0741. The molecule has 1 aliphatic heterocycles. The molecule has 5 heteroatoms. The van der Waals surface area contributed by atoms with E-state index in [1.165, 1.54) is 24.0 Å². The molecule has 3 rings (SSSR count). The fourth-order valence-corrected chi connectivity index (χ4v) is 3.75. The van der Waals surface area contributed by atoms with Crippen molar-refractivity contribution < 1.29 is 14.7 Å². The number of piperidine rings is 1. The molecule has 0 radical (unpaired) electrons. The topological polar surface area (TPSA) is 69.6 Å². The van der Waals surface area contributed by atoms with Gasteiger partial charge in [0.25, 0.3) is 0 Å². The van der Waals surface area contributed by atoms with Crippen LogP contribution in [0.15, 0.2) is 18.2 Å². The van der Waals surface area contributed by atoms with Crippen molar-refractivity contribution in [3.63, 3.8) is 0 Å². The van der Waals surface area contributed by atoms with E-state index in [2.05, 4.69) is 23.5 Å². The Morgan fingerprint density at radius 3 is 2.71 bits per heavy atom. The fraction of sp³-hybridized carbons (Fsp3) is 0.579. The van der Waals surface area contributed by atoms with Gasteiger partial charge in [-0.15, -0.1) is 0 Å². The summed E-state index contributed by atoms with van der Waals surface area (Å²) in [4.78, 5) is 25.2. The number of amides is 2. The van der Waals surface area contributed by atoms with Crippen LogP contribution in [0, 0.1) is 5.92 Å². The number of urea groups is 1. The zero-order valence-corrected chi connectivity index (χ0v) is 14.3. The molecule has 2 N–H and O–H groups in total. The maximum absolute atomic E-state index is 12.5. The highest BCUT2D eigenvalue weighted by molar-refractivity contribution is 5.77. The van der Waals surface area contributed by atoms with Crippen LogP contribution in [0.3, 0.4) is 0 Å². The number of carboxylic acid groups (broad SMARTS) is 1. The second-order valence-electron chi connectivity index (χ2n) is 7.03. The summed E-state index contributed by atoms with van der Waals surface area (Å²) in [6.07, 6.45) is 6.17. The highest BCUT2D eigenvalue weighted by Crippen LogP contribution is 2.25. The Balaban J connectivity index is 1.62. The third-order valence-electron chi connectivity index (χ3n) is 5.27. The van der Waals surface area contributed by atoms with Gasteiger partial charge in [-0.3, -0.25) is 4.79 Å². The molecule has 2 aliphatic rings. The summed E-state index contributed by atoms with van der Waals surface area (Å²) in [6.45, 7) is 2.92. The maximum Gasteiger partial charge on any atom is 0.317 e. The Morgan fingerprint density at radius 2 is 1.96 bits per heavy atom. The van der Waals surface area contributed by atoms with Crippen LogP contribution in [0.5, 0.6) is 0 Å². The predicted octanol–water partition coefficient (Wildman–Crippen LogP) is 3.13. The lowest BCUT2D eigenvalue weighted by Gasteiger charge is -2.32. The molecule has 130 valence electrons. The monoisotopic (exact) mass is 330 g/mol. The van der Waals surface area contributed by atoms with Gasteiger partial charge in [0, 0.05) is 13.1 Å². The molecule has 0 spiro atoms. The van der Waals surface area contributed by atoms with Gasteiger partial charge in [-0.05, 0) is 62.1 Å². The van der Waals surface area contributed by atoms with E-state index in [0.717, 1.165) is 24.8 Å². The first kappa shape index (κ1) is 16.8. The number of likely N-dealkylation sites (tertiary alicyclic amines) is 1. The number of aliphatic carboxylic acids is 1. The molecular formula is C19H26N2O3. The average Bonchev–Trinajstić information content (AvgIpc) is 2.61. The van der Waals surface area contributed by atoms with E-state index < -0.39 is 11.9 Å². The lowest BCUT2D eigenvalue weighted by Crippen LogP contribution is -2.47. The molecule has 0 bridgehead atoms. The van der Waals surface area contributed by atoms with Gasteiger partial charge in [0.15, 0.2) is 0 Å². The number of fused-ring (bicyclic) bond motifs is 1. The summed E-state index contributed by atoms with van der Waals surface area (Å²) < 4.78 is 0. The van der Waals surface area contributed by atoms with Gasteiger partial charge in [-0.25, -0.2) is 4.79 Å². The Hall–Kier alpha value is -2.04. The highest BCUT2D eigenvalue weighted by atomic mass is 16.4. The van der Waals surface area contributed by atoms with Gasteiger partial charge in [0.05, 0.1) is 12.0 Å². The number of carboxylic acids is 1.